The van der Waals surface area contributed by atoms with Crippen LogP contribution >= 0.6 is 0 Å². The van der Waals surface area contributed by atoms with Crippen LogP contribution in [0.4, 0.5) is 0 Å². The number of nitrogens with zero attached hydrogens (tertiary/aromatic N) is 3. The minimum absolute atomic E-state index is 0.125. The van der Waals surface area contributed by atoms with Gasteiger partial charge in [0, 0.05) is 31.3 Å². The van der Waals surface area contributed by atoms with E-state index in [0.29, 0.717) is 13.0 Å². The molecule has 1 N–H and O–H groups in total. The van der Waals surface area contributed by atoms with Crippen molar-refractivity contribution < 1.29 is 9.59 Å². The Bertz CT molecular complexity index is 1060. The van der Waals surface area contributed by atoms with Crippen LogP contribution in [0.5, 0.6) is 0 Å². The van der Waals surface area contributed by atoms with Gasteiger partial charge in [-0.2, -0.15) is 5.10 Å². The predicted molar refractivity (Wildman–Crippen MR) is 126 cm³/mol. The third kappa shape index (κ3) is 5.44. The number of amides is 2. The lowest BCUT2D eigenvalue weighted by atomic mass is 10.0. The summed E-state index contributed by atoms with van der Waals surface area (Å²) in [6.45, 7) is 8.35. The molecule has 0 bridgehead atoms. The van der Waals surface area contributed by atoms with Crippen molar-refractivity contribution in [2.24, 2.45) is 5.92 Å². The molecule has 32 heavy (non-hydrogen) atoms. The number of benzene rings is 2. The first-order valence-corrected chi connectivity index (χ1v) is 11.0. The smallest absolute Gasteiger partial charge is 0.249 e. The Balaban J connectivity index is 1.83. The highest BCUT2D eigenvalue weighted by atomic mass is 16.2. The van der Waals surface area contributed by atoms with E-state index in [0.717, 1.165) is 28.2 Å². The average molecular weight is 433 g/mol. The molecule has 0 radical (unpaired) electrons. The molecule has 0 fully saturated rings. The van der Waals surface area contributed by atoms with Crippen LogP contribution in [0.2, 0.25) is 0 Å². The third-order valence-electron chi connectivity index (χ3n) is 5.49. The largest absolute Gasteiger partial charge is 0.341 e. The lowest BCUT2D eigenvalue weighted by Crippen LogP contribution is -2.41. The van der Waals surface area contributed by atoms with E-state index in [4.69, 9.17) is 0 Å². The van der Waals surface area contributed by atoms with Crippen molar-refractivity contribution in [1.29, 1.82) is 0 Å². The van der Waals surface area contributed by atoms with E-state index in [1.165, 1.54) is 0 Å². The van der Waals surface area contributed by atoms with Crippen LogP contribution in [0.15, 0.2) is 60.7 Å². The molecule has 6 heteroatoms. The van der Waals surface area contributed by atoms with Gasteiger partial charge in [0.2, 0.25) is 11.8 Å². The molecule has 0 aliphatic carbocycles. The lowest BCUT2D eigenvalue weighted by molar-refractivity contribution is -0.136. The third-order valence-corrected chi connectivity index (χ3v) is 5.49. The van der Waals surface area contributed by atoms with Crippen molar-refractivity contribution in [3.8, 4) is 5.69 Å². The van der Waals surface area contributed by atoms with E-state index in [9.17, 15) is 9.59 Å². The number of rotatable bonds is 8. The SMILES string of the molecule is Cc1nn(-c2ccccc2)c(C)c1CN(C)C(=O)C(NC(=O)CC(C)C)c1ccccc1. The number of carbonyl (C=O) groups excluding carboxylic acids is 2. The number of likely N-dealkylation sites (N-methyl/N-ethyl adjacent to an activating group) is 1. The summed E-state index contributed by atoms with van der Waals surface area (Å²) in [4.78, 5) is 27.6. The highest BCUT2D eigenvalue weighted by Crippen LogP contribution is 2.22. The van der Waals surface area contributed by atoms with Crippen LogP contribution in [-0.4, -0.2) is 33.5 Å². The maximum Gasteiger partial charge on any atom is 0.249 e. The fraction of sp³-hybridized carbons (Fsp3) is 0.346. The zero-order chi connectivity index (χ0) is 23.3. The topological polar surface area (TPSA) is 67.2 Å². The zero-order valence-electron chi connectivity index (χ0n) is 19.5. The highest BCUT2D eigenvalue weighted by molar-refractivity contribution is 5.88. The molecular formula is C26H32N4O2. The van der Waals surface area contributed by atoms with Crippen molar-refractivity contribution in [2.45, 2.75) is 46.7 Å². The number of para-hydroxylation sites is 1. The second-order valence-corrected chi connectivity index (χ2v) is 8.60. The van der Waals surface area contributed by atoms with Gasteiger partial charge in [-0.3, -0.25) is 9.59 Å². The van der Waals surface area contributed by atoms with Crippen molar-refractivity contribution in [1.82, 2.24) is 20.0 Å². The van der Waals surface area contributed by atoms with Crippen LogP contribution in [0, 0.1) is 19.8 Å². The van der Waals surface area contributed by atoms with E-state index in [2.05, 4.69) is 10.4 Å². The minimum atomic E-state index is -0.725. The maximum absolute atomic E-state index is 13.5. The molecule has 0 spiro atoms. The first kappa shape index (κ1) is 23.3. The van der Waals surface area contributed by atoms with Gasteiger partial charge in [0.15, 0.2) is 0 Å². The molecule has 6 nitrogen and oxygen atoms in total. The number of hydrogen-bond acceptors (Lipinski definition) is 3. The number of carbonyl (C=O) groups is 2. The van der Waals surface area contributed by atoms with Crippen LogP contribution in [0.25, 0.3) is 5.69 Å². The molecule has 0 saturated heterocycles. The summed E-state index contributed by atoms with van der Waals surface area (Å²) in [5.41, 5.74) is 4.64. The van der Waals surface area contributed by atoms with E-state index in [1.807, 2.05) is 93.0 Å². The molecule has 1 atom stereocenters. The van der Waals surface area contributed by atoms with Crippen LogP contribution in [0.3, 0.4) is 0 Å². The molecule has 0 saturated carbocycles. The second kappa shape index (κ2) is 10.3. The summed E-state index contributed by atoms with van der Waals surface area (Å²) in [6, 6.07) is 18.6. The Hall–Kier alpha value is -3.41. The van der Waals surface area contributed by atoms with E-state index < -0.39 is 6.04 Å². The Kier molecular flexibility index (Phi) is 7.46. The van der Waals surface area contributed by atoms with Gasteiger partial charge in [-0.05, 0) is 37.5 Å². The fourth-order valence-electron chi connectivity index (χ4n) is 3.78. The molecule has 3 rings (SSSR count). The van der Waals surface area contributed by atoms with Gasteiger partial charge in [-0.1, -0.05) is 62.4 Å². The summed E-state index contributed by atoms with van der Waals surface area (Å²) in [5, 5.41) is 7.63. The summed E-state index contributed by atoms with van der Waals surface area (Å²) in [7, 11) is 1.77. The summed E-state index contributed by atoms with van der Waals surface area (Å²) in [6.07, 6.45) is 0.377. The zero-order valence-corrected chi connectivity index (χ0v) is 19.5. The maximum atomic E-state index is 13.5. The molecule has 0 aliphatic rings. The van der Waals surface area contributed by atoms with E-state index in [-0.39, 0.29) is 17.7 Å². The molecule has 2 aromatic carbocycles. The highest BCUT2D eigenvalue weighted by Gasteiger charge is 2.27. The van der Waals surface area contributed by atoms with Crippen molar-refractivity contribution in [2.75, 3.05) is 7.05 Å². The monoisotopic (exact) mass is 432 g/mol. The van der Waals surface area contributed by atoms with Gasteiger partial charge in [0.05, 0.1) is 11.4 Å². The first-order chi connectivity index (χ1) is 15.3. The summed E-state index contributed by atoms with van der Waals surface area (Å²) in [5.74, 6) is -0.0622. The molecule has 1 heterocycles. The van der Waals surface area contributed by atoms with E-state index >= 15 is 0 Å². The van der Waals surface area contributed by atoms with Crippen molar-refractivity contribution >= 4 is 11.8 Å². The minimum Gasteiger partial charge on any atom is -0.341 e. The van der Waals surface area contributed by atoms with Gasteiger partial charge in [0.25, 0.3) is 0 Å². The van der Waals surface area contributed by atoms with E-state index in [1.54, 1.807) is 11.9 Å². The Labute approximate surface area is 190 Å². The summed E-state index contributed by atoms with van der Waals surface area (Å²) >= 11 is 0. The molecule has 0 aliphatic heterocycles. The van der Waals surface area contributed by atoms with Gasteiger partial charge in [0.1, 0.15) is 6.04 Å². The Morgan fingerprint density at radius 1 is 1.00 bits per heavy atom. The molecule has 3 aromatic rings. The Morgan fingerprint density at radius 2 is 1.59 bits per heavy atom. The number of nitrogens with one attached hydrogen (secondary N) is 1. The fourth-order valence-corrected chi connectivity index (χ4v) is 3.78. The van der Waals surface area contributed by atoms with Gasteiger partial charge in [-0.25, -0.2) is 4.68 Å². The van der Waals surface area contributed by atoms with Gasteiger partial charge >= 0.3 is 0 Å². The normalized spacial score (nSPS) is 11.9. The first-order valence-electron chi connectivity index (χ1n) is 11.0. The Morgan fingerprint density at radius 3 is 2.19 bits per heavy atom. The van der Waals surface area contributed by atoms with Gasteiger partial charge < -0.3 is 10.2 Å². The number of hydrogen-bond donors (Lipinski definition) is 1. The van der Waals surface area contributed by atoms with Crippen molar-refractivity contribution in [3.63, 3.8) is 0 Å². The second-order valence-electron chi connectivity index (χ2n) is 8.60. The lowest BCUT2D eigenvalue weighted by Gasteiger charge is -2.25. The molecule has 2 amide bonds. The van der Waals surface area contributed by atoms with Crippen LogP contribution in [0.1, 0.15) is 48.8 Å². The summed E-state index contributed by atoms with van der Waals surface area (Å²) < 4.78 is 1.90. The molecule has 1 unspecified atom stereocenters. The van der Waals surface area contributed by atoms with Crippen molar-refractivity contribution in [3.05, 3.63) is 83.2 Å². The number of aryl methyl sites for hydroxylation is 1. The van der Waals surface area contributed by atoms with Crippen LogP contribution in [-0.2, 0) is 16.1 Å². The molecule has 1 aromatic heterocycles. The quantitative estimate of drug-likeness (QED) is 0.575. The average Bonchev–Trinajstić information content (AvgIpc) is 3.06. The van der Waals surface area contributed by atoms with Gasteiger partial charge in [-0.15, -0.1) is 0 Å². The predicted octanol–water partition coefficient (Wildman–Crippen LogP) is 4.35. The molecule has 168 valence electrons. The molecular weight excluding hydrogens is 400 g/mol. The standard InChI is InChI=1S/C26H32N4O2/c1-18(2)16-24(31)27-25(21-12-8-6-9-13-21)26(32)29(5)17-23-19(3)28-30(20(23)4)22-14-10-7-11-15-22/h6-15,18,25H,16-17H2,1-5H3,(H,27,31). The van der Waals surface area contributed by atoms with Crippen LogP contribution < -0.4 is 5.32 Å². The number of aromatic nitrogens is 2.